The average Bonchev–Trinajstić information content (AvgIpc) is 1.98. The third-order valence-electron chi connectivity index (χ3n) is 1.47. The van der Waals surface area contributed by atoms with Crippen molar-refractivity contribution < 1.29 is 8.42 Å². The normalized spacial score (nSPS) is 14.8. The summed E-state index contributed by atoms with van der Waals surface area (Å²) in [7, 11) is -3.09. The Bertz CT molecular complexity index is 226. The molecule has 0 bridgehead atoms. The molecule has 1 atom stereocenters. The zero-order chi connectivity index (χ0) is 10.5. The summed E-state index contributed by atoms with van der Waals surface area (Å²) < 4.78 is 25.1. The Balaban J connectivity index is 3.90. The molecule has 0 aliphatic heterocycles. The van der Waals surface area contributed by atoms with Gasteiger partial charge in [-0.05, 0) is 11.8 Å². The minimum atomic E-state index is -3.09. The van der Waals surface area contributed by atoms with Gasteiger partial charge in [0.1, 0.15) is 0 Å². The summed E-state index contributed by atoms with van der Waals surface area (Å²) in [5, 5.41) is 0. The Morgan fingerprint density at radius 1 is 1.31 bits per heavy atom. The monoisotopic (exact) mass is 227 g/mol. The Morgan fingerprint density at radius 3 is 2.23 bits per heavy atom. The maximum Gasteiger partial charge on any atom is 0.211 e. The van der Waals surface area contributed by atoms with Crippen LogP contribution in [0.5, 0.6) is 0 Å². The highest BCUT2D eigenvalue weighted by Gasteiger charge is 2.13. The fourth-order valence-electron chi connectivity index (χ4n) is 0.822. The lowest BCUT2D eigenvalue weighted by molar-refractivity contribution is 0.551. The first-order valence-electron chi connectivity index (χ1n) is 4.40. The second-order valence-corrected chi connectivity index (χ2v) is 5.94. The van der Waals surface area contributed by atoms with Gasteiger partial charge in [0.15, 0.2) is 0 Å². The van der Waals surface area contributed by atoms with Crippen molar-refractivity contribution in [1.29, 1.82) is 0 Å². The van der Waals surface area contributed by atoms with Gasteiger partial charge in [-0.3, -0.25) is 0 Å². The molecule has 0 aliphatic carbocycles. The van der Waals surface area contributed by atoms with Gasteiger partial charge in [0.05, 0.1) is 5.75 Å². The molecule has 0 spiro atoms. The standard InChI is InChI=1S/C8H18ClNO2S/c1-7(2)6-13(11,12)10-5-8(3)4-9/h7-8,10H,4-6H2,1-3H3. The van der Waals surface area contributed by atoms with Gasteiger partial charge in [-0.15, -0.1) is 11.6 Å². The molecular formula is C8H18ClNO2S. The highest BCUT2D eigenvalue weighted by Crippen LogP contribution is 2.00. The maximum atomic E-state index is 11.3. The first kappa shape index (κ1) is 13.2. The molecule has 0 saturated carbocycles. The lowest BCUT2D eigenvalue weighted by Gasteiger charge is -2.11. The number of sulfonamides is 1. The van der Waals surface area contributed by atoms with E-state index in [9.17, 15) is 8.42 Å². The molecular weight excluding hydrogens is 210 g/mol. The summed E-state index contributed by atoms with van der Waals surface area (Å²) in [6.07, 6.45) is 0. The van der Waals surface area contributed by atoms with E-state index in [1.54, 1.807) is 0 Å². The molecule has 0 amide bonds. The molecule has 1 N–H and O–H groups in total. The largest absolute Gasteiger partial charge is 0.215 e. The van der Waals surface area contributed by atoms with E-state index in [4.69, 9.17) is 11.6 Å². The molecule has 0 rings (SSSR count). The molecule has 0 aliphatic rings. The molecule has 0 aromatic rings. The van der Waals surface area contributed by atoms with Crippen molar-refractivity contribution in [3.8, 4) is 0 Å². The molecule has 0 aromatic heterocycles. The van der Waals surface area contributed by atoms with E-state index >= 15 is 0 Å². The smallest absolute Gasteiger partial charge is 0.211 e. The van der Waals surface area contributed by atoms with E-state index in [-0.39, 0.29) is 17.6 Å². The van der Waals surface area contributed by atoms with Crippen LogP contribution in [-0.4, -0.2) is 26.6 Å². The van der Waals surface area contributed by atoms with Gasteiger partial charge >= 0.3 is 0 Å². The van der Waals surface area contributed by atoms with Crippen molar-refractivity contribution in [1.82, 2.24) is 4.72 Å². The van der Waals surface area contributed by atoms with Crippen LogP contribution in [0.15, 0.2) is 0 Å². The fraction of sp³-hybridized carbons (Fsp3) is 1.00. The van der Waals surface area contributed by atoms with Crippen LogP contribution in [0.3, 0.4) is 0 Å². The van der Waals surface area contributed by atoms with Crippen LogP contribution in [0, 0.1) is 11.8 Å². The predicted molar refractivity (Wildman–Crippen MR) is 56.5 cm³/mol. The predicted octanol–water partition coefficient (Wildman–Crippen LogP) is 1.44. The van der Waals surface area contributed by atoms with E-state index in [1.165, 1.54) is 0 Å². The minimum absolute atomic E-state index is 0.156. The van der Waals surface area contributed by atoms with E-state index in [1.807, 2.05) is 20.8 Å². The van der Waals surface area contributed by atoms with Crippen LogP contribution < -0.4 is 4.72 Å². The molecule has 0 aromatic carbocycles. The lowest BCUT2D eigenvalue weighted by Crippen LogP contribution is -2.32. The fourth-order valence-corrected chi connectivity index (χ4v) is 2.46. The number of hydrogen-bond donors (Lipinski definition) is 1. The van der Waals surface area contributed by atoms with Crippen molar-refractivity contribution in [2.45, 2.75) is 20.8 Å². The molecule has 3 nitrogen and oxygen atoms in total. The van der Waals surface area contributed by atoms with Crippen molar-refractivity contribution in [3.05, 3.63) is 0 Å². The summed E-state index contributed by atoms with van der Waals surface area (Å²) in [5.41, 5.74) is 0. The van der Waals surface area contributed by atoms with Crippen molar-refractivity contribution in [2.75, 3.05) is 18.2 Å². The SMILES string of the molecule is CC(C)CS(=O)(=O)NCC(C)CCl. The quantitative estimate of drug-likeness (QED) is 0.698. The highest BCUT2D eigenvalue weighted by atomic mass is 35.5. The van der Waals surface area contributed by atoms with Crippen LogP contribution in [-0.2, 0) is 10.0 Å². The summed E-state index contributed by atoms with van der Waals surface area (Å²) in [5.74, 6) is 0.999. The molecule has 5 heteroatoms. The second kappa shape index (κ2) is 5.83. The first-order valence-corrected chi connectivity index (χ1v) is 6.59. The zero-order valence-corrected chi connectivity index (χ0v) is 9.95. The van der Waals surface area contributed by atoms with Crippen LogP contribution in [0.2, 0.25) is 0 Å². The number of nitrogens with one attached hydrogen (secondary N) is 1. The third kappa shape index (κ3) is 7.28. The maximum absolute atomic E-state index is 11.3. The number of halogens is 1. The Kier molecular flexibility index (Phi) is 5.92. The van der Waals surface area contributed by atoms with E-state index in [2.05, 4.69) is 4.72 Å². The van der Waals surface area contributed by atoms with Gasteiger partial charge in [-0.1, -0.05) is 20.8 Å². The van der Waals surface area contributed by atoms with Crippen molar-refractivity contribution in [2.24, 2.45) is 11.8 Å². The molecule has 13 heavy (non-hydrogen) atoms. The molecule has 0 saturated heterocycles. The highest BCUT2D eigenvalue weighted by molar-refractivity contribution is 7.89. The van der Waals surface area contributed by atoms with Crippen LogP contribution in [0.1, 0.15) is 20.8 Å². The summed E-state index contributed by atoms with van der Waals surface area (Å²) in [6, 6.07) is 0. The number of alkyl halides is 1. The van der Waals surface area contributed by atoms with Crippen LogP contribution in [0.25, 0.3) is 0 Å². The number of rotatable bonds is 6. The van der Waals surface area contributed by atoms with Gasteiger partial charge in [-0.25, -0.2) is 13.1 Å². The summed E-state index contributed by atoms with van der Waals surface area (Å²) >= 11 is 5.55. The molecule has 0 heterocycles. The van der Waals surface area contributed by atoms with E-state index in [0.717, 1.165) is 0 Å². The van der Waals surface area contributed by atoms with Gasteiger partial charge in [0.25, 0.3) is 0 Å². The van der Waals surface area contributed by atoms with Crippen molar-refractivity contribution >= 4 is 21.6 Å². The van der Waals surface area contributed by atoms with Gasteiger partial charge in [0, 0.05) is 12.4 Å². The topological polar surface area (TPSA) is 46.2 Å². The van der Waals surface area contributed by atoms with Crippen LogP contribution >= 0.6 is 11.6 Å². The Morgan fingerprint density at radius 2 is 1.85 bits per heavy atom. The molecule has 0 radical (unpaired) electrons. The zero-order valence-electron chi connectivity index (χ0n) is 8.38. The molecule has 0 fully saturated rings. The van der Waals surface area contributed by atoms with Crippen molar-refractivity contribution in [3.63, 3.8) is 0 Å². The van der Waals surface area contributed by atoms with E-state index in [0.29, 0.717) is 12.4 Å². The van der Waals surface area contributed by atoms with Gasteiger partial charge in [-0.2, -0.15) is 0 Å². The summed E-state index contributed by atoms with van der Waals surface area (Å²) in [4.78, 5) is 0. The molecule has 80 valence electrons. The number of hydrogen-bond acceptors (Lipinski definition) is 2. The Hall–Kier alpha value is 0.200. The Labute approximate surface area is 85.9 Å². The second-order valence-electron chi connectivity index (χ2n) is 3.78. The first-order chi connectivity index (χ1) is 5.87. The lowest BCUT2D eigenvalue weighted by atomic mass is 10.2. The van der Waals surface area contributed by atoms with E-state index < -0.39 is 10.0 Å². The summed E-state index contributed by atoms with van der Waals surface area (Å²) in [6.45, 7) is 6.10. The molecule has 1 unspecified atom stereocenters. The minimum Gasteiger partial charge on any atom is -0.215 e. The third-order valence-corrected chi connectivity index (χ3v) is 3.71. The van der Waals surface area contributed by atoms with Crippen LogP contribution in [0.4, 0.5) is 0 Å². The van der Waals surface area contributed by atoms with Gasteiger partial charge in [0.2, 0.25) is 10.0 Å². The average molecular weight is 228 g/mol. The van der Waals surface area contributed by atoms with Gasteiger partial charge < -0.3 is 0 Å².